The summed E-state index contributed by atoms with van der Waals surface area (Å²) in [6.07, 6.45) is -96.3. The van der Waals surface area contributed by atoms with Crippen molar-refractivity contribution >= 4 is 29.2 Å². The van der Waals surface area contributed by atoms with Gasteiger partial charge in [-0.3, -0.25) is 19.2 Å². The molecule has 0 aromatic carbocycles. The van der Waals surface area contributed by atoms with E-state index in [4.69, 9.17) is 56.8 Å². The number of esters is 1. The first-order valence-electron chi connectivity index (χ1n) is 44.8. The predicted octanol–water partition coefficient (Wildman–Crippen LogP) is 6.43. The van der Waals surface area contributed by atoms with E-state index in [0.717, 1.165) is 0 Å². The zero-order valence-electron chi connectivity index (χ0n) is 89.3. The average Bonchev–Trinajstić information content (AvgIpc) is 0.645. The van der Waals surface area contributed by atoms with Crippen LogP contribution in [0, 0.1) is 41.3 Å². The third-order valence-electron chi connectivity index (χ3n) is 8.92. The quantitative estimate of drug-likeness (QED) is 0.137. The molecule has 14 heteroatoms. The van der Waals surface area contributed by atoms with E-state index in [1.165, 1.54) is 0 Å². The molecule has 3 heterocycles. The van der Waals surface area contributed by atoms with Crippen LogP contribution >= 0.6 is 0 Å². The molecule has 14 nitrogen and oxygen atoms in total. The van der Waals surface area contributed by atoms with Gasteiger partial charge in [0.2, 0.25) is 8.65 Å². The van der Waals surface area contributed by atoms with E-state index in [1.54, 1.807) is 0 Å². The van der Waals surface area contributed by atoms with Crippen LogP contribution in [-0.2, 0) is 47.7 Å². The molecule has 66 heavy (non-hydrogen) atoms. The Morgan fingerprint density at radius 3 is 2.47 bits per heavy atom. The number of amides is 1. The maximum atomic E-state index is 16.1. The van der Waals surface area contributed by atoms with Gasteiger partial charge in [0, 0.05) is 105 Å². The molecule has 1 saturated carbocycles. The first-order valence-corrected chi connectivity index (χ1v) is 18.5. The third-order valence-corrected chi connectivity index (χ3v) is 8.92. The van der Waals surface area contributed by atoms with Crippen molar-refractivity contribution in [2.24, 2.45) is 41.3 Å². The van der Waals surface area contributed by atoms with Crippen molar-refractivity contribution in [3.8, 4) is 0 Å². The second-order valence-corrected chi connectivity index (χ2v) is 13.3. The van der Waals surface area contributed by atoms with E-state index in [2.05, 4.69) is 19.7 Å². The van der Waals surface area contributed by atoms with Crippen LogP contribution in [0.3, 0.4) is 0 Å². The fourth-order valence-electron chi connectivity index (χ4n) is 5.06. The summed E-state index contributed by atoms with van der Waals surface area (Å²) >= 11 is 0. The van der Waals surface area contributed by atoms with Crippen molar-refractivity contribution in [2.75, 3.05) is 27.8 Å². The number of rotatable bonds is 8. The monoisotopic (exact) mass is 981 g/mol. The Bertz CT molecular complexity index is 4270. The maximum Gasteiger partial charge on any atom is 0.329 e. The molecule has 1 aliphatic carbocycles. The van der Waals surface area contributed by atoms with Gasteiger partial charge in [-0.15, -0.1) is 0 Å². The number of carbonyl (C=O) groups is 5. The summed E-state index contributed by atoms with van der Waals surface area (Å²) in [6.45, 7) is -10.6. The number of fused-ring (bicyclic) bond motifs is 3. The first-order chi connectivity index (χ1) is 51.5. The van der Waals surface area contributed by atoms with Gasteiger partial charge < -0.3 is 43.9 Å². The van der Waals surface area contributed by atoms with Crippen LogP contribution in [0.25, 0.3) is 0 Å². The van der Waals surface area contributed by atoms with Crippen molar-refractivity contribution in [3.05, 3.63) is 47.5 Å². The third kappa shape index (κ3) is 13.9. The second kappa shape index (κ2) is 25.3. The molecule has 4 rings (SSSR count). The van der Waals surface area contributed by atoms with Gasteiger partial charge in [-0.2, -0.15) is 0 Å². The van der Waals surface area contributed by atoms with Crippen molar-refractivity contribution in [3.63, 3.8) is 0 Å². The fourth-order valence-corrected chi connectivity index (χ4v) is 5.06. The van der Waals surface area contributed by atoms with Crippen LogP contribution < -0.4 is 0 Å². The van der Waals surface area contributed by atoms with Crippen LogP contribution in [0.5, 0.6) is 0 Å². The molecule has 16 atom stereocenters. The van der Waals surface area contributed by atoms with E-state index in [9.17, 15) is 35.3 Å². The van der Waals surface area contributed by atoms with Gasteiger partial charge in [0.1, 0.15) is 30.0 Å². The number of allylic oxidation sites excluding steroid dienone is 6. The number of cyclic esters (lactones) is 1. The van der Waals surface area contributed by atoms with Gasteiger partial charge in [-0.05, 0) is 106 Å². The Labute approximate surface area is 468 Å². The molecule has 372 valence electrons. The van der Waals surface area contributed by atoms with Crippen molar-refractivity contribution in [2.45, 2.75) is 180 Å². The zero-order chi connectivity index (χ0) is 96.0. The molecule has 2 saturated heterocycles. The van der Waals surface area contributed by atoms with Crippen molar-refractivity contribution < 1.29 is 133 Å². The molecular formula is C52H81NO13. The Morgan fingerprint density at radius 2 is 1.79 bits per heavy atom. The number of nitrogens with zero attached hydrogens (tertiary/aromatic N) is 1. The molecule has 0 aromatic rings. The van der Waals surface area contributed by atoms with E-state index < -0.39 is 275 Å². The number of hydrogen-bond acceptors (Lipinski definition) is 13. The lowest BCUT2D eigenvalue weighted by Crippen LogP contribution is -2.61. The normalized spacial score (nSPS) is 80.6. The van der Waals surface area contributed by atoms with Gasteiger partial charge in [0.25, 0.3) is 11.7 Å². The van der Waals surface area contributed by atoms with E-state index in [1.807, 2.05) is 0 Å². The number of carbonyl (C=O) groups excluding carboxylic acids is 5. The average molecular weight is 982 g/mol. The van der Waals surface area contributed by atoms with Gasteiger partial charge in [0.15, 0.2) is 5.78 Å². The summed E-state index contributed by atoms with van der Waals surface area (Å²) in [6, 6.07) is -19.8. The number of aliphatic hydroxyl groups is 3. The molecular weight excluding hydrogens is 847 g/mol. The molecule has 2 bridgehead atoms. The summed E-state index contributed by atoms with van der Waals surface area (Å²) in [5, 5.41) is 20.0. The SMILES string of the molecule is [2H]O[C@@]12O[C@@]([2H])(C([2H])([2H])C([2H])([2H])[C@@]1([2H])C)C([2H])([2H])[C@]([2H])(OC([2H])([2H])[2H])/C(C([2H])([2H])[2H])=C([2H])/C([2H])=C([2H])/C([2H])=C(\[2H])[C@@]([2H])(C)C([2H])(C)[C@@]([2H])(C)C(=O)[C@]([2H])(OC)[C@]([2H])(O[2H])/C(C)=C(\[2H])[C@@]([2H])(C)C(=O)C([2H])([2H])[C@@]([2H])([C@]([2H])(C)C([2H])([2H])[C@]1([2H])C([2H])([2H])C([2H])([2H])[C@@]([2H])(O)[C@]([2H])(OC)C1([2H])[2H])OC(=O)[C@@]1([2H])N(C(=O)C2=O)C([2H])([2H])C([2H])([2H])C([2H])([2H])C1([2H])[2H]. The Kier molecular flexibility index (Phi) is 6.48. The smallest absolute Gasteiger partial charge is 0.329 e. The van der Waals surface area contributed by atoms with E-state index >= 15 is 24.0 Å². The lowest BCUT2D eigenvalue weighted by atomic mass is 9.78. The number of piperidine rings is 1. The standard InChI is InChI=1S/C52H81NO13/c1-30-17-13-12-14-18-31(2)43(62-9)28-39-22-20-35(6)52(61,66-39)49(58)50(59)53-24-16-15-19-40(53)51(60)65-44(33(4)26-38-21-23-41(54)45(27-38)63-10)29-42(55)32(3)25-34(5)46(56)48(64-11)47(57)37(8)36(30)7/h12-14,17-18,25,30,32-33,35-41,43-46,48,54,56,61H,15-16,19-24,26-29H2,1-11H3/b14-12+,17-13+,31-18+,34-25+/t30-,32-,33-,35-,36?,37-,38+,39+,40+,41-,43+,44+,45-,46-,48-,52-/m1/s1/i2D3,9D3,12D,13D,14D,15D2,16D2,17D,18D,19D2,20D2,21D2,22D2,23D2,24D2,25D,26D2,27D2,28D2,29D2,30D,32D,33D,35D,36D,37D,38D,39D,40D,41D,43D,44D,45D,46D,48D,56D,61D. The molecule has 0 spiro atoms. The maximum absolute atomic E-state index is 16.1. The molecule has 3 N–H and O–H groups in total. The van der Waals surface area contributed by atoms with Crippen LogP contribution in [0.15, 0.2) is 47.5 Å². The topological polar surface area (TPSA) is 195 Å². The molecule has 1 amide bonds. The molecule has 0 radical (unpaired) electrons. The number of Topliss-reactive ketones (excluding diaryl/α,β-unsaturated/α-hetero) is 3. The highest BCUT2D eigenvalue weighted by atomic mass is 16.6. The molecule has 3 aliphatic heterocycles. The minimum atomic E-state index is -6.16. The predicted molar refractivity (Wildman–Crippen MR) is 250 cm³/mol. The Balaban J connectivity index is 2.72. The minimum Gasteiger partial charge on any atom is -0.460 e. The van der Waals surface area contributed by atoms with Gasteiger partial charge in [-0.1, -0.05) is 77.9 Å². The first kappa shape index (κ1) is 16.9. The van der Waals surface area contributed by atoms with Crippen LogP contribution in [0.1, 0.15) is 195 Å². The van der Waals surface area contributed by atoms with Crippen LogP contribution in [0.2, 0.25) is 0 Å². The minimum absolute atomic E-state index is 0.0844. The number of ketones is 3. The summed E-state index contributed by atoms with van der Waals surface area (Å²) in [5.74, 6) is -55.3. The Hall–Kier alpha value is -3.37. The lowest BCUT2D eigenvalue weighted by molar-refractivity contribution is -0.265. The van der Waals surface area contributed by atoms with Gasteiger partial charge >= 0.3 is 5.97 Å². The van der Waals surface area contributed by atoms with Crippen LogP contribution in [-0.4, -0.2) is 134 Å². The molecule has 4 aliphatic rings. The Morgan fingerprint density at radius 1 is 1.02 bits per heavy atom. The van der Waals surface area contributed by atoms with E-state index in [0.29, 0.717) is 13.8 Å². The zero-order valence-corrected chi connectivity index (χ0v) is 36.3. The van der Waals surface area contributed by atoms with E-state index in [-0.39, 0.29) is 41.9 Å². The molecule has 1 unspecified atom stereocenters. The lowest BCUT2D eigenvalue weighted by Gasteiger charge is -2.42. The van der Waals surface area contributed by atoms with Gasteiger partial charge in [-0.25, -0.2) is 4.79 Å². The highest BCUT2D eigenvalue weighted by molar-refractivity contribution is 6.39. The molecule has 3 fully saturated rings. The van der Waals surface area contributed by atoms with Crippen molar-refractivity contribution in [1.82, 2.24) is 4.90 Å². The largest absolute Gasteiger partial charge is 0.460 e. The van der Waals surface area contributed by atoms with Gasteiger partial charge in [0.05, 0.1) is 47.6 Å². The summed E-state index contributed by atoms with van der Waals surface area (Å²) in [4.78, 5) is 76.9. The summed E-state index contributed by atoms with van der Waals surface area (Å²) in [7, 11) is -4.49. The summed E-state index contributed by atoms with van der Waals surface area (Å²) < 4.78 is 504. The highest BCUT2D eigenvalue weighted by Gasteiger charge is 2.53. The number of methoxy groups -OCH3 is 3. The van der Waals surface area contributed by atoms with Crippen molar-refractivity contribution in [1.29, 1.82) is 2.86 Å². The highest BCUT2D eigenvalue weighted by Crippen LogP contribution is 2.38. The number of ether oxygens (including phenoxy) is 5. The summed E-state index contributed by atoms with van der Waals surface area (Å²) in [5.41, 5.74) is -4.80. The fraction of sp³-hybridized carbons (Fsp3) is 0.750. The molecule has 0 aromatic heterocycles. The second-order valence-electron chi connectivity index (χ2n) is 13.3. The number of hydrogen-bond donors (Lipinski definition) is 3. The van der Waals surface area contributed by atoms with Crippen LogP contribution in [0.4, 0.5) is 0 Å².